The molecule has 10 heteroatoms. The first-order valence-electron chi connectivity index (χ1n) is 10.8. The van der Waals surface area contributed by atoms with Gasteiger partial charge in [0.05, 0.1) is 19.8 Å². The van der Waals surface area contributed by atoms with Crippen molar-refractivity contribution in [3.8, 4) is 0 Å². The van der Waals surface area contributed by atoms with Crippen LogP contribution in [0.25, 0.3) is 0 Å². The van der Waals surface area contributed by atoms with Gasteiger partial charge >= 0.3 is 35.0 Å². The normalized spacial score (nSPS) is 9.00. The summed E-state index contributed by atoms with van der Waals surface area (Å²) >= 11 is 0. The number of ketones is 3. The van der Waals surface area contributed by atoms with Crippen molar-refractivity contribution >= 4 is 35.3 Å². The van der Waals surface area contributed by atoms with E-state index in [4.69, 9.17) is 14.2 Å². The van der Waals surface area contributed by atoms with Gasteiger partial charge < -0.3 is 35.0 Å². The molecule has 0 aliphatic carbocycles. The molecule has 0 spiro atoms. The smallest absolute Gasteiger partial charge is 0.465 e. The number of ether oxygens (including phenoxy) is 3. The van der Waals surface area contributed by atoms with Crippen LogP contribution in [0.5, 0.6) is 0 Å². The zero-order valence-corrected chi connectivity index (χ0v) is 21.7. The number of rotatable bonds is 15. The molecule has 0 atom stereocenters. The van der Waals surface area contributed by atoms with Crippen molar-refractivity contribution in [1.82, 2.24) is 0 Å². The number of unbranched alkanes of at least 4 members (excludes halogenated alkanes) is 3. The predicted molar refractivity (Wildman–Crippen MR) is 123 cm³/mol. The van der Waals surface area contributed by atoms with Crippen molar-refractivity contribution in [1.29, 1.82) is 0 Å². The maximum absolute atomic E-state index is 10.7. The molecule has 34 heavy (non-hydrogen) atoms. The Hall–Kier alpha value is -2.06. The maximum atomic E-state index is 10.7. The van der Waals surface area contributed by atoms with Crippen LogP contribution in [0.3, 0.4) is 0 Å². The van der Waals surface area contributed by atoms with Crippen molar-refractivity contribution in [3.05, 3.63) is 20.8 Å². The Balaban J connectivity index is -0.000000196. The predicted octanol–water partition coefficient (Wildman–Crippen LogP) is 3.37. The van der Waals surface area contributed by atoms with E-state index in [1.54, 1.807) is 0 Å². The summed E-state index contributed by atoms with van der Waals surface area (Å²) < 4.78 is 14.1. The molecule has 0 aromatic carbocycles. The molecule has 0 fully saturated rings. The zero-order chi connectivity index (χ0) is 26.1. The summed E-state index contributed by atoms with van der Waals surface area (Å²) in [4.78, 5) is 63.1. The fourth-order valence-corrected chi connectivity index (χ4v) is 1.63. The van der Waals surface area contributed by atoms with Crippen LogP contribution < -0.4 is 0 Å². The van der Waals surface area contributed by atoms with Gasteiger partial charge in [-0.15, -0.1) is 0 Å². The van der Waals surface area contributed by atoms with Crippen molar-refractivity contribution in [2.24, 2.45) is 0 Å². The molecular formula is C24H39FeO9. The summed E-state index contributed by atoms with van der Waals surface area (Å²) in [5.74, 6) is -1.80. The number of carbonyl (C=O) groups excluding carboxylic acids is 6. The van der Waals surface area contributed by atoms with E-state index in [1.165, 1.54) is 20.8 Å². The van der Waals surface area contributed by atoms with Crippen molar-refractivity contribution in [3.63, 3.8) is 0 Å². The Bertz CT molecular complexity index is 508. The van der Waals surface area contributed by atoms with E-state index in [9.17, 15) is 28.8 Å². The van der Waals surface area contributed by atoms with Crippen LogP contribution >= 0.6 is 0 Å². The van der Waals surface area contributed by atoms with Gasteiger partial charge in [-0.25, -0.2) is 0 Å². The minimum Gasteiger partial charge on any atom is -0.465 e. The molecule has 0 aliphatic heterocycles. The summed E-state index contributed by atoms with van der Waals surface area (Å²) in [7, 11) is 0. The van der Waals surface area contributed by atoms with Gasteiger partial charge in [-0.3, -0.25) is 28.8 Å². The largest absolute Gasteiger partial charge is 3.00 e. The fourth-order valence-electron chi connectivity index (χ4n) is 1.63. The number of esters is 3. The molecule has 0 N–H and O–H groups in total. The molecule has 1 radical (unpaired) electrons. The van der Waals surface area contributed by atoms with Crippen LogP contribution in [0, 0.1) is 20.8 Å². The van der Waals surface area contributed by atoms with Gasteiger partial charge in [0.1, 0.15) is 36.6 Å². The third-order valence-electron chi connectivity index (χ3n) is 3.15. The van der Waals surface area contributed by atoms with Gasteiger partial charge in [0.2, 0.25) is 0 Å². The van der Waals surface area contributed by atoms with Gasteiger partial charge in [0.15, 0.2) is 0 Å². The minimum atomic E-state index is -0.439. The zero-order valence-electron chi connectivity index (χ0n) is 20.6. The van der Waals surface area contributed by atoms with Gasteiger partial charge in [-0.2, -0.15) is 19.3 Å². The molecule has 0 amide bonds. The summed E-state index contributed by atoms with van der Waals surface area (Å²) in [5.41, 5.74) is 0. The number of carbonyl (C=O) groups is 6. The Morgan fingerprint density at radius 2 is 0.706 bits per heavy atom. The van der Waals surface area contributed by atoms with Crippen LogP contribution in [-0.4, -0.2) is 55.1 Å². The van der Waals surface area contributed by atoms with E-state index in [0.29, 0.717) is 19.8 Å². The Morgan fingerprint density at radius 1 is 0.500 bits per heavy atom. The Kier molecular flexibility index (Phi) is 33.4. The maximum Gasteiger partial charge on any atom is 3.00 e. The topological polar surface area (TPSA) is 130 Å². The molecule has 0 bridgehead atoms. The van der Waals surface area contributed by atoms with Gasteiger partial charge in [0, 0.05) is 0 Å². The first-order valence-corrected chi connectivity index (χ1v) is 10.8. The first-order chi connectivity index (χ1) is 15.5. The van der Waals surface area contributed by atoms with E-state index >= 15 is 0 Å². The molecule has 0 rings (SSSR count). The van der Waals surface area contributed by atoms with E-state index in [2.05, 4.69) is 20.8 Å². The molecule has 0 saturated heterocycles. The monoisotopic (exact) mass is 527 g/mol. The number of hydrogen-bond donors (Lipinski definition) is 0. The van der Waals surface area contributed by atoms with Crippen LogP contribution in [-0.2, 0) is 60.0 Å². The van der Waals surface area contributed by atoms with Crippen LogP contribution in [0.15, 0.2) is 0 Å². The van der Waals surface area contributed by atoms with Crippen molar-refractivity contribution in [2.45, 2.75) is 78.6 Å². The van der Waals surface area contributed by atoms with E-state index < -0.39 is 17.9 Å². The SMILES string of the molecule is [CH2-]CCCOC(=O)CC(C)=O.[CH2-]CCCOC(=O)CC(C)=O.[CH2-]CCCOC(=O)CC(C)=O.[Fe+3]. The Labute approximate surface area is 214 Å². The molecule has 0 heterocycles. The molecule has 9 nitrogen and oxygen atoms in total. The average molecular weight is 527 g/mol. The summed E-state index contributed by atoms with van der Waals surface area (Å²) in [6.07, 6.45) is 4.15. The van der Waals surface area contributed by atoms with E-state index in [-0.39, 0.29) is 53.7 Å². The van der Waals surface area contributed by atoms with E-state index in [1.807, 2.05) is 0 Å². The first kappa shape index (κ1) is 39.2. The van der Waals surface area contributed by atoms with Crippen molar-refractivity contribution in [2.75, 3.05) is 19.8 Å². The van der Waals surface area contributed by atoms with Gasteiger partial charge in [-0.05, 0) is 40.0 Å². The van der Waals surface area contributed by atoms with Crippen molar-refractivity contribution < 1.29 is 60.0 Å². The number of Topliss-reactive ketones (excluding diaryl/α,β-unsaturated/α-hetero) is 3. The number of hydrogen-bond acceptors (Lipinski definition) is 9. The summed E-state index contributed by atoms with van der Waals surface area (Å²) in [5, 5.41) is 0. The summed E-state index contributed by atoms with van der Waals surface area (Å²) in [6.45, 7) is 16.0. The second-order valence-electron chi connectivity index (χ2n) is 6.92. The average Bonchev–Trinajstić information content (AvgIpc) is 2.68. The van der Waals surface area contributed by atoms with E-state index in [0.717, 1.165) is 38.5 Å². The summed E-state index contributed by atoms with van der Waals surface area (Å²) in [6, 6.07) is 0. The molecule has 0 unspecified atom stereocenters. The van der Waals surface area contributed by atoms with Gasteiger partial charge in [-0.1, -0.05) is 0 Å². The third kappa shape index (κ3) is 40.3. The third-order valence-corrected chi connectivity index (χ3v) is 3.15. The molecule has 197 valence electrons. The molecule has 0 aromatic rings. The molecular weight excluding hydrogens is 488 g/mol. The molecule has 0 aromatic heterocycles. The molecule has 0 aliphatic rings. The van der Waals surface area contributed by atoms with Crippen LogP contribution in [0.4, 0.5) is 0 Å². The fraction of sp³-hybridized carbons (Fsp3) is 0.625. The quantitative estimate of drug-likeness (QED) is 0.0786. The standard InChI is InChI=1S/3C8H13O3.Fe/c3*1-3-4-5-11-8(10)6-7(2)9;/h3*1,3-6H2,2H3;/q3*-1;+3. The van der Waals surface area contributed by atoms with Crippen LogP contribution in [0.2, 0.25) is 0 Å². The second-order valence-corrected chi connectivity index (χ2v) is 6.92. The minimum absolute atomic E-state index is 0. The second kappa shape index (κ2) is 29.0. The molecule has 0 saturated carbocycles. The Morgan fingerprint density at radius 3 is 0.853 bits per heavy atom. The van der Waals surface area contributed by atoms with Crippen LogP contribution in [0.1, 0.15) is 78.6 Å². The van der Waals surface area contributed by atoms with Gasteiger partial charge in [0.25, 0.3) is 0 Å².